The van der Waals surface area contributed by atoms with Crippen molar-refractivity contribution in [1.82, 2.24) is 4.90 Å². The highest BCUT2D eigenvalue weighted by Gasteiger charge is 2.25. The molecule has 0 saturated carbocycles. The number of likely N-dealkylation sites (tertiary alicyclic amines) is 1. The van der Waals surface area contributed by atoms with E-state index in [1.165, 1.54) is 18.9 Å². The molecule has 4 heteroatoms. The van der Waals surface area contributed by atoms with E-state index in [1.807, 2.05) is 0 Å². The minimum Gasteiger partial charge on any atom is -0.475 e. The summed E-state index contributed by atoms with van der Waals surface area (Å²) in [5, 5.41) is 8.79. The van der Waals surface area contributed by atoms with Crippen molar-refractivity contribution in [1.29, 1.82) is 0 Å². The van der Waals surface area contributed by atoms with Gasteiger partial charge in [0.15, 0.2) is 0 Å². The molecule has 0 spiro atoms. The Morgan fingerprint density at radius 2 is 2.29 bits per heavy atom. The van der Waals surface area contributed by atoms with Gasteiger partial charge in [0.1, 0.15) is 5.76 Å². The summed E-state index contributed by atoms with van der Waals surface area (Å²) in [5.41, 5.74) is 0. The number of carbonyl (C=O) groups is 1. The van der Waals surface area contributed by atoms with Crippen LogP contribution in [-0.4, -0.2) is 28.6 Å². The van der Waals surface area contributed by atoms with Crippen LogP contribution in [-0.2, 0) is 6.54 Å². The molecular weight excluding hydrogens is 218 g/mol. The first-order valence-electron chi connectivity index (χ1n) is 6.14. The molecule has 4 nitrogen and oxygen atoms in total. The molecule has 2 unspecified atom stereocenters. The van der Waals surface area contributed by atoms with Crippen molar-refractivity contribution in [3.63, 3.8) is 0 Å². The molecule has 94 valence electrons. The van der Waals surface area contributed by atoms with Gasteiger partial charge in [-0.15, -0.1) is 0 Å². The topological polar surface area (TPSA) is 53.7 Å². The van der Waals surface area contributed by atoms with Crippen LogP contribution in [0.3, 0.4) is 0 Å². The third-order valence-corrected chi connectivity index (χ3v) is 3.74. The summed E-state index contributed by atoms with van der Waals surface area (Å²) in [7, 11) is 0. The van der Waals surface area contributed by atoms with E-state index < -0.39 is 5.97 Å². The Morgan fingerprint density at radius 3 is 2.94 bits per heavy atom. The number of piperidine rings is 1. The fourth-order valence-electron chi connectivity index (χ4n) is 2.42. The second-order valence-electron chi connectivity index (χ2n) is 4.90. The second kappa shape index (κ2) is 4.92. The molecule has 17 heavy (non-hydrogen) atoms. The molecule has 1 saturated heterocycles. The van der Waals surface area contributed by atoms with E-state index in [0.29, 0.717) is 18.5 Å². The van der Waals surface area contributed by atoms with Crippen molar-refractivity contribution in [2.75, 3.05) is 6.54 Å². The number of nitrogens with zero attached hydrogens (tertiary/aromatic N) is 1. The second-order valence-corrected chi connectivity index (χ2v) is 4.90. The van der Waals surface area contributed by atoms with Crippen molar-refractivity contribution >= 4 is 5.97 Å². The fraction of sp³-hybridized carbons (Fsp3) is 0.615. The Balaban J connectivity index is 2.01. The monoisotopic (exact) mass is 237 g/mol. The van der Waals surface area contributed by atoms with Crippen molar-refractivity contribution in [3.05, 3.63) is 23.7 Å². The van der Waals surface area contributed by atoms with Gasteiger partial charge in [-0.25, -0.2) is 4.79 Å². The lowest BCUT2D eigenvalue weighted by Crippen LogP contribution is -2.41. The van der Waals surface area contributed by atoms with Gasteiger partial charge in [-0.05, 0) is 44.4 Å². The van der Waals surface area contributed by atoms with Gasteiger partial charge in [0, 0.05) is 6.04 Å². The van der Waals surface area contributed by atoms with Crippen LogP contribution < -0.4 is 0 Å². The quantitative estimate of drug-likeness (QED) is 0.878. The number of furan rings is 1. The van der Waals surface area contributed by atoms with Gasteiger partial charge in [-0.3, -0.25) is 4.90 Å². The largest absolute Gasteiger partial charge is 0.475 e. The normalized spacial score (nSPS) is 26.0. The van der Waals surface area contributed by atoms with Gasteiger partial charge < -0.3 is 9.52 Å². The molecule has 2 rings (SSSR count). The zero-order chi connectivity index (χ0) is 12.4. The van der Waals surface area contributed by atoms with Crippen molar-refractivity contribution in [3.8, 4) is 0 Å². The van der Waals surface area contributed by atoms with Gasteiger partial charge in [-0.1, -0.05) is 6.92 Å². The number of carboxylic acid groups (broad SMARTS) is 1. The standard InChI is InChI=1S/C13H19NO3/c1-9-4-3-7-14(10(9)2)8-11-5-6-12(17-11)13(15)16/h5-6,9-10H,3-4,7-8H2,1-2H3,(H,15,16). The lowest BCUT2D eigenvalue weighted by Gasteiger charge is -2.37. The Labute approximate surface area is 101 Å². The van der Waals surface area contributed by atoms with Crippen molar-refractivity contribution in [2.45, 2.75) is 39.3 Å². The summed E-state index contributed by atoms with van der Waals surface area (Å²) in [6.45, 7) is 6.26. The van der Waals surface area contributed by atoms with Crippen LogP contribution in [0.1, 0.15) is 43.0 Å². The van der Waals surface area contributed by atoms with Gasteiger partial charge in [-0.2, -0.15) is 0 Å². The molecular formula is C13H19NO3. The highest BCUT2D eigenvalue weighted by Crippen LogP contribution is 2.24. The van der Waals surface area contributed by atoms with Gasteiger partial charge in [0.05, 0.1) is 6.54 Å². The van der Waals surface area contributed by atoms with E-state index in [-0.39, 0.29) is 5.76 Å². The minimum absolute atomic E-state index is 0.0257. The number of rotatable bonds is 3. The SMILES string of the molecule is CC1CCCN(Cc2ccc(C(=O)O)o2)C1C. The summed E-state index contributed by atoms with van der Waals surface area (Å²) < 4.78 is 5.29. The summed E-state index contributed by atoms with van der Waals surface area (Å²) >= 11 is 0. The highest BCUT2D eigenvalue weighted by molar-refractivity contribution is 5.84. The summed E-state index contributed by atoms with van der Waals surface area (Å²) in [6.07, 6.45) is 2.48. The molecule has 0 bridgehead atoms. The van der Waals surface area contributed by atoms with Crippen molar-refractivity contribution in [2.24, 2.45) is 5.92 Å². The Morgan fingerprint density at radius 1 is 1.53 bits per heavy atom. The minimum atomic E-state index is -1.00. The highest BCUT2D eigenvalue weighted by atomic mass is 16.4. The van der Waals surface area contributed by atoms with E-state index >= 15 is 0 Å². The molecule has 1 aromatic heterocycles. The van der Waals surface area contributed by atoms with Crippen LogP contribution in [0.5, 0.6) is 0 Å². The third kappa shape index (κ3) is 2.69. The average molecular weight is 237 g/mol. The van der Waals surface area contributed by atoms with Crippen LogP contribution in [0.25, 0.3) is 0 Å². The molecule has 1 aromatic rings. The Bertz CT molecular complexity index is 399. The predicted octanol–water partition coefficient (Wildman–Crippen LogP) is 2.60. The predicted molar refractivity (Wildman–Crippen MR) is 63.9 cm³/mol. The molecule has 1 aliphatic rings. The maximum absolute atomic E-state index is 10.7. The van der Waals surface area contributed by atoms with E-state index in [4.69, 9.17) is 9.52 Å². The van der Waals surface area contributed by atoms with Gasteiger partial charge in [0.25, 0.3) is 0 Å². The molecule has 2 atom stereocenters. The number of hydrogen-bond acceptors (Lipinski definition) is 3. The maximum Gasteiger partial charge on any atom is 0.371 e. The molecule has 0 aliphatic carbocycles. The molecule has 0 radical (unpaired) electrons. The molecule has 1 aliphatic heterocycles. The lowest BCUT2D eigenvalue weighted by molar-refractivity contribution is 0.0650. The van der Waals surface area contributed by atoms with Crippen LogP contribution >= 0.6 is 0 Å². The number of carboxylic acids is 1. The van der Waals surface area contributed by atoms with E-state index in [9.17, 15) is 4.79 Å². The zero-order valence-corrected chi connectivity index (χ0v) is 10.3. The van der Waals surface area contributed by atoms with Gasteiger partial charge >= 0.3 is 5.97 Å². The summed E-state index contributed by atoms with van der Waals surface area (Å²) in [6, 6.07) is 3.81. The Hall–Kier alpha value is -1.29. The lowest BCUT2D eigenvalue weighted by atomic mass is 9.92. The van der Waals surface area contributed by atoms with E-state index in [0.717, 1.165) is 12.3 Å². The van der Waals surface area contributed by atoms with Crippen LogP contribution in [0.15, 0.2) is 16.5 Å². The van der Waals surface area contributed by atoms with Crippen LogP contribution in [0, 0.1) is 5.92 Å². The number of aromatic carboxylic acids is 1. The first-order valence-corrected chi connectivity index (χ1v) is 6.14. The summed E-state index contributed by atoms with van der Waals surface area (Å²) in [4.78, 5) is 13.1. The molecule has 1 N–H and O–H groups in total. The molecule has 0 amide bonds. The van der Waals surface area contributed by atoms with Gasteiger partial charge in [0.2, 0.25) is 5.76 Å². The Kier molecular flexibility index (Phi) is 3.52. The van der Waals surface area contributed by atoms with E-state index in [1.54, 1.807) is 6.07 Å². The number of hydrogen-bond donors (Lipinski definition) is 1. The zero-order valence-electron chi connectivity index (χ0n) is 10.3. The molecule has 1 fully saturated rings. The first kappa shape index (κ1) is 12.2. The van der Waals surface area contributed by atoms with E-state index in [2.05, 4.69) is 18.7 Å². The third-order valence-electron chi connectivity index (χ3n) is 3.74. The summed E-state index contributed by atoms with van der Waals surface area (Å²) in [5.74, 6) is 0.454. The van der Waals surface area contributed by atoms with Crippen molar-refractivity contribution < 1.29 is 14.3 Å². The van der Waals surface area contributed by atoms with Crippen LogP contribution in [0.4, 0.5) is 0 Å². The molecule has 2 heterocycles. The maximum atomic E-state index is 10.7. The van der Waals surface area contributed by atoms with Crippen LogP contribution in [0.2, 0.25) is 0 Å². The fourth-order valence-corrected chi connectivity index (χ4v) is 2.42. The smallest absolute Gasteiger partial charge is 0.371 e. The molecule has 0 aromatic carbocycles. The average Bonchev–Trinajstić information content (AvgIpc) is 2.73. The first-order chi connectivity index (χ1) is 8.08.